The molecule has 0 spiro atoms. The largest absolute Gasteiger partial charge is 0.463 e. The maximum absolute atomic E-state index is 14.3. The van der Waals surface area contributed by atoms with E-state index in [4.69, 9.17) is 26.8 Å². The summed E-state index contributed by atoms with van der Waals surface area (Å²) in [7, 11) is 0. The number of hydrogen-bond donors (Lipinski definition) is 2. The number of likely N-dealkylation sites (tertiary alicyclic amines) is 4. The van der Waals surface area contributed by atoms with Gasteiger partial charge in [-0.25, -0.2) is 9.59 Å². The van der Waals surface area contributed by atoms with Crippen LogP contribution in [0, 0.1) is 0 Å². The maximum Gasteiger partial charge on any atom is 0.418 e. The number of benzene rings is 2. The van der Waals surface area contributed by atoms with Gasteiger partial charge in [0.1, 0.15) is 12.6 Å². The first-order chi connectivity index (χ1) is 28.8. The number of piperidine rings is 3. The molecule has 0 bridgehead atoms. The molecule has 5 heterocycles. The van der Waals surface area contributed by atoms with Gasteiger partial charge in [0, 0.05) is 69.9 Å². The zero-order valence-electron chi connectivity index (χ0n) is 33.6. The Morgan fingerprint density at radius 1 is 0.867 bits per heavy atom. The van der Waals surface area contributed by atoms with Crippen molar-refractivity contribution in [2.75, 3.05) is 70.0 Å². The van der Waals surface area contributed by atoms with E-state index in [1.165, 1.54) is 11.0 Å². The second-order valence-electron chi connectivity index (χ2n) is 16.3. The molecule has 14 nitrogen and oxygen atoms in total. The number of nitrogen functional groups attached to an aromatic ring is 1. The molecule has 60 heavy (non-hydrogen) atoms. The van der Waals surface area contributed by atoms with Crippen LogP contribution in [0.4, 0.5) is 34.1 Å². The third kappa shape index (κ3) is 10.0. The topological polar surface area (TPSA) is 158 Å². The average molecular weight is 860 g/mol. The van der Waals surface area contributed by atoms with E-state index < -0.39 is 41.6 Å². The van der Waals surface area contributed by atoms with Crippen molar-refractivity contribution in [2.45, 2.75) is 101 Å². The molecule has 18 heteroatoms. The molecular weight excluding hydrogens is 807 g/mol. The Balaban J connectivity index is 0.991. The monoisotopic (exact) mass is 859 g/mol. The molecule has 4 saturated heterocycles. The standard InChI is InChI=1S/C42H53ClF3N7O7/c43-32-25-27(24-31(37(32)47)42(44,45)46)26-35(60-41(58)51-19-13-30(14-20-51)53-21-10-28-6-1-2-7-33(28)48-40(53)57)38(55)50-17-11-29(12-18-50)52-16-4-3-8-34(52)39(56)59-23-22-49-15-5-9-36(49)54/h1-2,6-7,24-25,29-30,34-35H,3-5,8-23,26,47H2,(H,48,57)/t34-,35-/m1/s1. The summed E-state index contributed by atoms with van der Waals surface area (Å²) in [6.45, 7) is 3.41. The van der Waals surface area contributed by atoms with Gasteiger partial charge < -0.3 is 40.1 Å². The van der Waals surface area contributed by atoms with Gasteiger partial charge in [-0.05, 0) is 87.2 Å². The lowest BCUT2D eigenvalue weighted by molar-refractivity contribution is -0.155. The summed E-state index contributed by atoms with van der Waals surface area (Å²) in [6, 6.07) is 8.90. The number of nitrogens with two attached hydrogens (primary N) is 1. The fourth-order valence-electron chi connectivity index (χ4n) is 9.27. The number of para-hydroxylation sites is 1. The summed E-state index contributed by atoms with van der Waals surface area (Å²) in [5.74, 6) is -0.805. The Kier molecular flexibility index (Phi) is 13.6. The number of esters is 1. The molecule has 5 amide bonds. The van der Waals surface area contributed by atoms with Crippen LogP contribution in [0.15, 0.2) is 36.4 Å². The fourth-order valence-corrected chi connectivity index (χ4v) is 9.51. The van der Waals surface area contributed by atoms with E-state index in [-0.39, 0.29) is 79.8 Å². The van der Waals surface area contributed by atoms with Crippen LogP contribution >= 0.6 is 11.6 Å². The number of halogens is 4. The van der Waals surface area contributed by atoms with Crippen molar-refractivity contribution in [2.24, 2.45) is 0 Å². The minimum atomic E-state index is -4.81. The number of carbonyl (C=O) groups excluding carboxylic acids is 5. The number of alkyl halides is 3. The minimum Gasteiger partial charge on any atom is -0.463 e. The molecule has 2 atom stereocenters. The predicted octanol–water partition coefficient (Wildman–Crippen LogP) is 5.55. The maximum atomic E-state index is 14.3. The zero-order valence-corrected chi connectivity index (χ0v) is 34.4. The van der Waals surface area contributed by atoms with Gasteiger partial charge in [-0.1, -0.05) is 36.2 Å². The van der Waals surface area contributed by atoms with Gasteiger partial charge >= 0.3 is 24.3 Å². The van der Waals surface area contributed by atoms with Gasteiger partial charge in [-0.2, -0.15) is 13.2 Å². The van der Waals surface area contributed by atoms with E-state index in [1.54, 1.807) is 14.7 Å². The second kappa shape index (κ2) is 18.9. The summed E-state index contributed by atoms with van der Waals surface area (Å²) < 4.78 is 53.4. The Labute approximate surface area is 352 Å². The van der Waals surface area contributed by atoms with Crippen molar-refractivity contribution in [3.8, 4) is 0 Å². The predicted molar refractivity (Wildman–Crippen MR) is 216 cm³/mol. The first kappa shape index (κ1) is 43.3. The Morgan fingerprint density at radius 2 is 1.58 bits per heavy atom. The van der Waals surface area contributed by atoms with Gasteiger partial charge in [-0.3, -0.25) is 19.3 Å². The van der Waals surface area contributed by atoms with Crippen LogP contribution in [0.5, 0.6) is 0 Å². The van der Waals surface area contributed by atoms with Gasteiger partial charge in [0.05, 0.1) is 22.8 Å². The van der Waals surface area contributed by atoms with Crippen LogP contribution < -0.4 is 11.1 Å². The summed E-state index contributed by atoms with van der Waals surface area (Å²) in [5, 5.41) is 2.65. The van der Waals surface area contributed by atoms with Crippen LogP contribution in [0.25, 0.3) is 0 Å². The van der Waals surface area contributed by atoms with Gasteiger partial charge in [0.15, 0.2) is 6.10 Å². The molecule has 5 aliphatic rings. The normalized spacial score (nSPS) is 21.6. The van der Waals surface area contributed by atoms with E-state index in [2.05, 4.69) is 10.2 Å². The zero-order chi connectivity index (χ0) is 42.6. The quantitative estimate of drug-likeness (QED) is 0.231. The number of fused-ring (bicyclic) bond motifs is 1. The van der Waals surface area contributed by atoms with Crippen LogP contribution in [-0.4, -0.2) is 138 Å². The number of carbonyl (C=O) groups is 5. The van der Waals surface area contributed by atoms with Crippen molar-refractivity contribution in [1.29, 1.82) is 0 Å². The molecule has 2 aromatic rings. The lowest BCUT2D eigenvalue weighted by Crippen LogP contribution is -2.56. The number of nitrogens with zero attached hydrogens (tertiary/aromatic N) is 5. The Morgan fingerprint density at radius 3 is 2.30 bits per heavy atom. The fraction of sp³-hybridized carbons (Fsp3) is 0.595. The highest BCUT2D eigenvalue weighted by Gasteiger charge is 2.40. The number of anilines is 2. The highest BCUT2D eigenvalue weighted by atomic mass is 35.5. The highest BCUT2D eigenvalue weighted by Crippen LogP contribution is 2.38. The molecule has 0 aliphatic carbocycles. The van der Waals surface area contributed by atoms with Gasteiger partial charge in [-0.15, -0.1) is 0 Å². The molecule has 0 saturated carbocycles. The van der Waals surface area contributed by atoms with Gasteiger partial charge in [0.2, 0.25) is 5.91 Å². The molecule has 4 fully saturated rings. The number of urea groups is 1. The second-order valence-corrected chi connectivity index (χ2v) is 16.7. The van der Waals surface area contributed by atoms with Gasteiger partial charge in [0.25, 0.3) is 5.91 Å². The Hall–Kier alpha value is -4.77. The lowest BCUT2D eigenvalue weighted by atomic mass is 9.94. The van der Waals surface area contributed by atoms with Crippen molar-refractivity contribution >= 4 is 52.9 Å². The molecule has 7 rings (SSSR count). The highest BCUT2D eigenvalue weighted by molar-refractivity contribution is 6.33. The number of ether oxygens (including phenoxy) is 2. The molecule has 0 radical (unpaired) electrons. The average Bonchev–Trinajstić information content (AvgIpc) is 3.57. The van der Waals surface area contributed by atoms with Crippen LogP contribution in [0.1, 0.15) is 74.5 Å². The van der Waals surface area contributed by atoms with Crippen molar-refractivity contribution in [1.82, 2.24) is 24.5 Å². The van der Waals surface area contributed by atoms with E-state index in [0.29, 0.717) is 71.1 Å². The van der Waals surface area contributed by atoms with Crippen LogP contribution in [0.3, 0.4) is 0 Å². The minimum absolute atomic E-state index is 0.0261. The molecule has 2 aromatic carbocycles. The molecule has 0 aromatic heterocycles. The van der Waals surface area contributed by atoms with Crippen molar-refractivity contribution in [3.05, 3.63) is 58.1 Å². The van der Waals surface area contributed by atoms with Crippen molar-refractivity contribution < 1.29 is 46.6 Å². The number of amides is 5. The molecule has 3 N–H and O–H groups in total. The van der Waals surface area contributed by atoms with Crippen LogP contribution in [0.2, 0.25) is 5.02 Å². The summed E-state index contributed by atoms with van der Waals surface area (Å²) >= 11 is 6.15. The lowest BCUT2D eigenvalue weighted by Gasteiger charge is -2.44. The first-order valence-corrected chi connectivity index (χ1v) is 21.4. The third-order valence-corrected chi connectivity index (χ3v) is 12.9. The van der Waals surface area contributed by atoms with E-state index in [1.807, 2.05) is 24.3 Å². The van der Waals surface area contributed by atoms with E-state index in [9.17, 15) is 37.1 Å². The summed E-state index contributed by atoms with van der Waals surface area (Å²) in [6.07, 6.45) is -1.05. The Bertz CT molecular complexity index is 1920. The summed E-state index contributed by atoms with van der Waals surface area (Å²) in [5.41, 5.74) is 5.74. The number of hydrogen-bond acceptors (Lipinski definition) is 9. The van der Waals surface area contributed by atoms with E-state index in [0.717, 1.165) is 36.6 Å². The molecule has 326 valence electrons. The molecule has 5 aliphatic heterocycles. The summed E-state index contributed by atoms with van der Waals surface area (Å²) in [4.78, 5) is 75.1. The molecule has 0 unspecified atom stereocenters. The SMILES string of the molecule is Nc1c(Cl)cc(C[C@@H](OC(=O)N2CCC(N3CCc4ccccc4NC3=O)CC2)C(=O)N2CCC(N3CCCC[C@@H]3C(=O)OCCN3CCCC3=O)CC2)cc1C(F)(F)F. The third-order valence-electron chi connectivity index (χ3n) is 12.6. The van der Waals surface area contributed by atoms with E-state index >= 15 is 0 Å². The number of rotatable bonds is 10. The number of nitrogens with one attached hydrogen (secondary N) is 1. The van der Waals surface area contributed by atoms with Crippen LogP contribution in [-0.2, 0) is 42.9 Å². The first-order valence-electron chi connectivity index (χ1n) is 21.0. The van der Waals surface area contributed by atoms with Crippen molar-refractivity contribution in [3.63, 3.8) is 0 Å². The smallest absolute Gasteiger partial charge is 0.418 e. The molecular formula is C42H53ClF3N7O7.